The van der Waals surface area contributed by atoms with Gasteiger partial charge in [-0.25, -0.2) is 13.2 Å². The largest absolute Gasteiger partial charge is 0.379 e. The molecule has 180 valence electrons. The number of anilines is 1. The summed E-state index contributed by atoms with van der Waals surface area (Å²) in [5.41, 5.74) is 1.64. The topological polar surface area (TPSA) is 131 Å². The van der Waals surface area contributed by atoms with E-state index < -0.39 is 14.9 Å². The highest BCUT2D eigenvalue weighted by molar-refractivity contribution is 7.89. The molecule has 11 nitrogen and oxygen atoms in total. The number of sulfonamides is 1. The highest BCUT2D eigenvalue weighted by Gasteiger charge is 2.33. The van der Waals surface area contributed by atoms with Crippen LogP contribution in [0.1, 0.15) is 18.9 Å². The monoisotopic (exact) mass is 487 g/mol. The number of non-ortho nitro benzene ring substituents is 1. The number of nitro benzene ring substituents is 1. The third-order valence-electron chi connectivity index (χ3n) is 6.54. The van der Waals surface area contributed by atoms with Crippen LogP contribution in [0.2, 0.25) is 0 Å². The van der Waals surface area contributed by atoms with Gasteiger partial charge in [-0.15, -0.1) is 0 Å². The number of hydrogen-bond donors (Lipinski definition) is 1. The van der Waals surface area contributed by atoms with Crippen molar-refractivity contribution >= 4 is 32.4 Å². The number of hydrogen-bond acceptors (Lipinski definition) is 7. The predicted octanol–water partition coefficient (Wildman–Crippen LogP) is 2.10. The number of imidazole rings is 1. The molecule has 2 saturated heterocycles. The minimum atomic E-state index is -3.94. The molecule has 0 saturated carbocycles. The van der Waals surface area contributed by atoms with Gasteiger partial charge in [0.05, 0.1) is 34.9 Å². The minimum Gasteiger partial charge on any atom is -0.379 e. The first-order valence-electron chi connectivity index (χ1n) is 11.2. The summed E-state index contributed by atoms with van der Waals surface area (Å²) in [5.74, 6) is 0. The van der Waals surface area contributed by atoms with Crippen molar-refractivity contribution in [2.45, 2.75) is 23.8 Å². The predicted molar refractivity (Wildman–Crippen MR) is 126 cm³/mol. The molecule has 0 spiro atoms. The standard InChI is InChI=1S/C22H25N5O6S/c28-22-23-18-3-1-2-4-19(18)26(22)16-7-9-24(10-8-16)20-6-5-17(27(29)30)15-21(20)34(31,32)25-11-13-33-14-12-25/h1-6,15-16H,7-14H2,(H,23,28). The van der Waals surface area contributed by atoms with Gasteiger partial charge in [0.15, 0.2) is 0 Å². The molecule has 5 rings (SSSR count). The molecule has 0 bridgehead atoms. The lowest BCUT2D eigenvalue weighted by Crippen LogP contribution is -2.42. The second kappa shape index (κ2) is 8.85. The molecule has 0 atom stereocenters. The van der Waals surface area contributed by atoms with Gasteiger partial charge in [-0.05, 0) is 31.0 Å². The number of fused-ring (bicyclic) bond motifs is 1. The maximum absolute atomic E-state index is 13.4. The number of nitro groups is 1. The van der Waals surface area contributed by atoms with E-state index >= 15 is 0 Å². The Kier molecular flexibility index (Phi) is 5.88. The summed E-state index contributed by atoms with van der Waals surface area (Å²) in [5, 5.41) is 11.4. The molecule has 34 heavy (non-hydrogen) atoms. The Morgan fingerprint density at radius 1 is 1.03 bits per heavy atom. The number of nitrogens with one attached hydrogen (secondary N) is 1. The van der Waals surface area contributed by atoms with Crippen LogP contribution in [0, 0.1) is 10.1 Å². The van der Waals surface area contributed by atoms with E-state index in [1.807, 2.05) is 29.2 Å². The van der Waals surface area contributed by atoms with Gasteiger partial charge in [0.2, 0.25) is 10.0 Å². The van der Waals surface area contributed by atoms with Gasteiger partial charge in [0, 0.05) is 44.4 Å². The van der Waals surface area contributed by atoms with Crippen molar-refractivity contribution in [2.75, 3.05) is 44.3 Å². The molecule has 0 amide bonds. The average molecular weight is 488 g/mol. The quantitative estimate of drug-likeness (QED) is 0.431. The molecule has 0 unspecified atom stereocenters. The lowest BCUT2D eigenvalue weighted by atomic mass is 10.0. The van der Waals surface area contributed by atoms with Crippen molar-refractivity contribution in [3.8, 4) is 0 Å². The van der Waals surface area contributed by atoms with Crippen molar-refractivity contribution in [1.29, 1.82) is 0 Å². The molecule has 0 radical (unpaired) electrons. The van der Waals surface area contributed by atoms with E-state index in [-0.39, 0.29) is 48.6 Å². The third kappa shape index (κ3) is 3.97. The zero-order valence-electron chi connectivity index (χ0n) is 18.4. The van der Waals surface area contributed by atoms with Crippen LogP contribution in [0.5, 0.6) is 0 Å². The molecular weight excluding hydrogens is 462 g/mol. The molecule has 2 fully saturated rings. The van der Waals surface area contributed by atoms with Crippen molar-refractivity contribution < 1.29 is 18.1 Å². The van der Waals surface area contributed by atoms with Crippen molar-refractivity contribution in [2.24, 2.45) is 0 Å². The second-order valence-electron chi connectivity index (χ2n) is 8.46. The van der Waals surface area contributed by atoms with Crippen LogP contribution in [0.3, 0.4) is 0 Å². The van der Waals surface area contributed by atoms with Gasteiger partial charge in [-0.3, -0.25) is 14.7 Å². The highest BCUT2D eigenvalue weighted by atomic mass is 32.2. The average Bonchev–Trinajstić information content (AvgIpc) is 3.20. The second-order valence-corrected chi connectivity index (χ2v) is 10.4. The zero-order chi connectivity index (χ0) is 23.9. The number of para-hydroxylation sites is 2. The molecular formula is C22H25N5O6S. The fourth-order valence-electron chi connectivity index (χ4n) is 4.81. The first kappa shape index (κ1) is 22.6. The first-order valence-corrected chi connectivity index (χ1v) is 12.6. The Morgan fingerprint density at radius 3 is 2.44 bits per heavy atom. The summed E-state index contributed by atoms with van der Waals surface area (Å²) in [6.45, 7) is 2.01. The van der Waals surface area contributed by atoms with Gasteiger partial charge in [-0.2, -0.15) is 4.31 Å². The van der Waals surface area contributed by atoms with Gasteiger partial charge < -0.3 is 14.6 Å². The number of benzene rings is 2. The lowest BCUT2D eigenvalue weighted by Gasteiger charge is -2.35. The summed E-state index contributed by atoms with van der Waals surface area (Å²) >= 11 is 0. The van der Waals surface area contributed by atoms with E-state index in [0.29, 0.717) is 31.6 Å². The van der Waals surface area contributed by atoms with E-state index in [4.69, 9.17) is 4.74 Å². The summed E-state index contributed by atoms with van der Waals surface area (Å²) < 4.78 is 35.2. The van der Waals surface area contributed by atoms with E-state index in [0.717, 1.165) is 17.1 Å². The molecule has 12 heteroatoms. The van der Waals surface area contributed by atoms with Crippen LogP contribution >= 0.6 is 0 Å². The number of piperidine rings is 1. The van der Waals surface area contributed by atoms with E-state index in [1.54, 1.807) is 4.57 Å². The Hall–Kier alpha value is -3.22. The maximum Gasteiger partial charge on any atom is 0.326 e. The normalized spacial score (nSPS) is 18.4. The number of rotatable bonds is 5. The fraction of sp³-hybridized carbons (Fsp3) is 0.409. The number of H-pyrrole nitrogens is 1. The SMILES string of the molecule is O=c1[nH]c2ccccc2n1C1CCN(c2ccc([N+](=O)[O-])cc2S(=O)(=O)N2CCOCC2)CC1. The van der Waals surface area contributed by atoms with Crippen LogP contribution in [-0.4, -0.2) is 66.6 Å². The van der Waals surface area contributed by atoms with Crippen LogP contribution in [-0.2, 0) is 14.8 Å². The molecule has 1 N–H and O–H groups in total. The number of morpholine rings is 1. The summed E-state index contributed by atoms with van der Waals surface area (Å²) in [6.07, 6.45) is 1.27. The highest BCUT2D eigenvalue weighted by Crippen LogP contribution is 2.35. The zero-order valence-corrected chi connectivity index (χ0v) is 19.2. The fourth-order valence-corrected chi connectivity index (χ4v) is 6.45. The van der Waals surface area contributed by atoms with Crippen LogP contribution in [0.25, 0.3) is 11.0 Å². The molecule has 2 aliphatic heterocycles. The Morgan fingerprint density at radius 2 is 1.74 bits per heavy atom. The van der Waals surface area contributed by atoms with Crippen molar-refractivity contribution in [3.05, 3.63) is 63.1 Å². The summed E-state index contributed by atoms with van der Waals surface area (Å²) in [4.78, 5) is 28.1. The van der Waals surface area contributed by atoms with Crippen molar-refractivity contribution in [3.63, 3.8) is 0 Å². The molecule has 2 aliphatic rings. The number of nitrogens with zero attached hydrogens (tertiary/aromatic N) is 4. The smallest absolute Gasteiger partial charge is 0.326 e. The van der Waals surface area contributed by atoms with Crippen LogP contribution in [0.15, 0.2) is 52.2 Å². The van der Waals surface area contributed by atoms with Crippen LogP contribution in [0.4, 0.5) is 11.4 Å². The first-order chi connectivity index (χ1) is 16.4. The van der Waals surface area contributed by atoms with E-state index in [2.05, 4.69) is 4.98 Å². The van der Waals surface area contributed by atoms with Gasteiger partial charge in [0.1, 0.15) is 4.90 Å². The minimum absolute atomic E-state index is 0.0303. The Balaban J connectivity index is 1.45. The number of ether oxygens (including phenoxy) is 1. The molecule has 1 aromatic heterocycles. The van der Waals surface area contributed by atoms with Crippen molar-refractivity contribution in [1.82, 2.24) is 13.9 Å². The van der Waals surface area contributed by atoms with E-state index in [1.165, 1.54) is 16.4 Å². The summed E-state index contributed by atoms with van der Waals surface area (Å²) in [7, 11) is -3.94. The lowest BCUT2D eigenvalue weighted by molar-refractivity contribution is -0.385. The van der Waals surface area contributed by atoms with Gasteiger partial charge in [-0.1, -0.05) is 12.1 Å². The molecule has 3 heterocycles. The maximum atomic E-state index is 13.4. The third-order valence-corrected chi connectivity index (χ3v) is 8.46. The number of aromatic nitrogens is 2. The van der Waals surface area contributed by atoms with E-state index in [9.17, 15) is 23.3 Å². The van der Waals surface area contributed by atoms with Gasteiger partial charge in [0.25, 0.3) is 5.69 Å². The summed E-state index contributed by atoms with van der Waals surface area (Å²) in [6, 6.07) is 11.5. The molecule has 2 aromatic carbocycles. The Labute approximate surface area is 195 Å². The van der Waals surface area contributed by atoms with Gasteiger partial charge >= 0.3 is 5.69 Å². The molecule has 3 aromatic rings. The number of aromatic amines is 1. The molecule has 0 aliphatic carbocycles. The van der Waals surface area contributed by atoms with Crippen LogP contribution < -0.4 is 10.6 Å². The Bertz CT molecular complexity index is 1380.